The second kappa shape index (κ2) is 7.41. The molecule has 0 unspecified atom stereocenters. The SMILES string of the molecule is NS(=O)(=O)c1cccc(CCNc2nccn3nc(-c4ccccc4)cc23)c1. The van der Waals surface area contributed by atoms with Gasteiger partial charge < -0.3 is 5.32 Å². The summed E-state index contributed by atoms with van der Waals surface area (Å²) >= 11 is 0. The number of hydrogen-bond acceptors (Lipinski definition) is 5. The average Bonchev–Trinajstić information content (AvgIpc) is 3.14. The molecule has 0 radical (unpaired) electrons. The molecule has 142 valence electrons. The molecule has 2 heterocycles. The monoisotopic (exact) mass is 393 g/mol. The van der Waals surface area contributed by atoms with Crippen LogP contribution >= 0.6 is 0 Å². The molecule has 0 saturated carbocycles. The summed E-state index contributed by atoms with van der Waals surface area (Å²) in [4.78, 5) is 4.53. The number of aromatic nitrogens is 3. The second-order valence-corrected chi connectivity index (χ2v) is 7.93. The van der Waals surface area contributed by atoms with Gasteiger partial charge in [0.2, 0.25) is 10.0 Å². The normalized spacial score (nSPS) is 11.6. The summed E-state index contributed by atoms with van der Waals surface area (Å²) in [5.41, 5.74) is 3.67. The second-order valence-electron chi connectivity index (χ2n) is 6.37. The number of fused-ring (bicyclic) bond motifs is 1. The zero-order valence-corrected chi connectivity index (χ0v) is 15.8. The maximum atomic E-state index is 11.5. The average molecular weight is 393 g/mol. The van der Waals surface area contributed by atoms with Gasteiger partial charge in [-0.3, -0.25) is 0 Å². The topological polar surface area (TPSA) is 102 Å². The molecule has 7 nitrogen and oxygen atoms in total. The molecule has 0 aliphatic heterocycles. The van der Waals surface area contributed by atoms with Crippen molar-refractivity contribution in [3.05, 3.63) is 78.6 Å². The lowest BCUT2D eigenvalue weighted by molar-refractivity contribution is 0.597. The van der Waals surface area contributed by atoms with Gasteiger partial charge in [0.25, 0.3) is 0 Å². The van der Waals surface area contributed by atoms with Crippen LogP contribution in [0.1, 0.15) is 5.56 Å². The number of sulfonamides is 1. The van der Waals surface area contributed by atoms with E-state index >= 15 is 0 Å². The first-order chi connectivity index (χ1) is 13.5. The Bertz CT molecular complexity index is 1220. The molecular formula is C20H19N5O2S. The van der Waals surface area contributed by atoms with Gasteiger partial charge in [-0.25, -0.2) is 23.1 Å². The van der Waals surface area contributed by atoms with Crippen molar-refractivity contribution in [1.82, 2.24) is 14.6 Å². The van der Waals surface area contributed by atoms with Gasteiger partial charge in [-0.1, -0.05) is 42.5 Å². The molecule has 4 aromatic rings. The Morgan fingerprint density at radius 3 is 2.64 bits per heavy atom. The van der Waals surface area contributed by atoms with E-state index in [0.29, 0.717) is 13.0 Å². The zero-order chi connectivity index (χ0) is 19.6. The minimum atomic E-state index is -3.70. The lowest BCUT2D eigenvalue weighted by Crippen LogP contribution is -2.13. The number of benzene rings is 2. The Hall–Kier alpha value is -3.23. The van der Waals surface area contributed by atoms with Crippen molar-refractivity contribution in [2.75, 3.05) is 11.9 Å². The molecule has 28 heavy (non-hydrogen) atoms. The number of hydrogen-bond donors (Lipinski definition) is 2. The van der Waals surface area contributed by atoms with E-state index in [1.54, 1.807) is 22.8 Å². The van der Waals surface area contributed by atoms with E-state index in [1.807, 2.05) is 48.7 Å². The highest BCUT2D eigenvalue weighted by Gasteiger charge is 2.10. The van der Waals surface area contributed by atoms with Gasteiger partial charge in [0.05, 0.1) is 10.6 Å². The summed E-state index contributed by atoms with van der Waals surface area (Å²) in [5.74, 6) is 0.722. The third kappa shape index (κ3) is 3.88. The fraction of sp³-hybridized carbons (Fsp3) is 0.100. The zero-order valence-electron chi connectivity index (χ0n) is 15.0. The third-order valence-corrected chi connectivity index (χ3v) is 5.30. The molecular weight excluding hydrogens is 374 g/mol. The Balaban J connectivity index is 1.52. The van der Waals surface area contributed by atoms with Crippen LogP contribution in [0, 0.1) is 0 Å². The van der Waals surface area contributed by atoms with Crippen LogP contribution in [-0.4, -0.2) is 29.6 Å². The minimum Gasteiger partial charge on any atom is -0.368 e. The molecule has 0 spiro atoms. The largest absolute Gasteiger partial charge is 0.368 e. The highest BCUT2D eigenvalue weighted by molar-refractivity contribution is 7.89. The number of nitrogens with zero attached hydrogens (tertiary/aromatic N) is 3. The van der Waals surface area contributed by atoms with Crippen molar-refractivity contribution >= 4 is 21.4 Å². The number of nitrogens with two attached hydrogens (primary N) is 1. The van der Waals surface area contributed by atoms with Crippen molar-refractivity contribution in [2.24, 2.45) is 5.14 Å². The van der Waals surface area contributed by atoms with Crippen LogP contribution in [0.15, 0.2) is 78.0 Å². The summed E-state index contributed by atoms with van der Waals surface area (Å²) in [7, 11) is -3.70. The van der Waals surface area contributed by atoms with Gasteiger partial charge in [-0.2, -0.15) is 5.10 Å². The van der Waals surface area contributed by atoms with E-state index in [4.69, 9.17) is 5.14 Å². The molecule has 3 N–H and O–H groups in total. The summed E-state index contributed by atoms with van der Waals surface area (Å²) in [6.07, 6.45) is 4.13. The smallest absolute Gasteiger partial charge is 0.238 e. The highest BCUT2D eigenvalue weighted by atomic mass is 32.2. The van der Waals surface area contributed by atoms with Gasteiger partial charge in [0.1, 0.15) is 5.52 Å². The van der Waals surface area contributed by atoms with Gasteiger partial charge in [-0.05, 0) is 30.2 Å². The minimum absolute atomic E-state index is 0.119. The van der Waals surface area contributed by atoms with Crippen LogP contribution in [-0.2, 0) is 16.4 Å². The van der Waals surface area contributed by atoms with Crippen molar-refractivity contribution < 1.29 is 8.42 Å². The Kier molecular flexibility index (Phi) is 4.81. The van der Waals surface area contributed by atoms with E-state index in [9.17, 15) is 8.42 Å². The molecule has 0 aliphatic carbocycles. The molecule has 2 aromatic heterocycles. The van der Waals surface area contributed by atoms with E-state index in [2.05, 4.69) is 15.4 Å². The maximum absolute atomic E-state index is 11.5. The molecule has 0 fully saturated rings. The lowest BCUT2D eigenvalue weighted by Gasteiger charge is -2.07. The van der Waals surface area contributed by atoms with Gasteiger partial charge >= 0.3 is 0 Å². The van der Waals surface area contributed by atoms with Crippen LogP contribution in [0.4, 0.5) is 5.82 Å². The van der Waals surface area contributed by atoms with E-state index < -0.39 is 10.0 Å². The molecule has 4 rings (SSSR count). The third-order valence-electron chi connectivity index (χ3n) is 4.39. The fourth-order valence-electron chi connectivity index (χ4n) is 3.01. The predicted molar refractivity (Wildman–Crippen MR) is 108 cm³/mol. The van der Waals surface area contributed by atoms with Crippen molar-refractivity contribution in [3.63, 3.8) is 0 Å². The van der Waals surface area contributed by atoms with Crippen LogP contribution in [0.25, 0.3) is 16.8 Å². The molecule has 0 bridgehead atoms. The number of anilines is 1. The summed E-state index contributed by atoms with van der Waals surface area (Å²) in [6, 6.07) is 18.6. The quantitative estimate of drug-likeness (QED) is 0.524. The Morgan fingerprint density at radius 2 is 1.86 bits per heavy atom. The lowest BCUT2D eigenvalue weighted by atomic mass is 10.1. The van der Waals surface area contributed by atoms with E-state index in [-0.39, 0.29) is 4.90 Å². The van der Waals surface area contributed by atoms with Crippen molar-refractivity contribution in [2.45, 2.75) is 11.3 Å². The van der Waals surface area contributed by atoms with Crippen LogP contribution in [0.2, 0.25) is 0 Å². The van der Waals surface area contributed by atoms with Crippen molar-refractivity contribution in [1.29, 1.82) is 0 Å². The van der Waals surface area contributed by atoms with Crippen LogP contribution < -0.4 is 10.5 Å². The maximum Gasteiger partial charge on any atom is 0.238 e. The summed E-state index contributed by atoms with van der Waals surface area (Å²) in [5, 5.41) is 13.1. The summed E-state index contributed by atoms with van der Waals surface area (Å²) in [6.45, 7) is 0.590. The Morgan fingerprint density at radius 1 is 1.04 bits per heavy atom. The number of rotatable bonds is 6. The van der Waals surface area contributed by atoms with Crippen molar-refractivity contribution in [3.8, 4) is 11.3 Å². The highest BCUT2D eigenvalue weighted by Crippen LogP contribution is 2.22. The molecule has 0 amide bonds. The van der Waals surface area contributed by atoms with Gasteiger partial charge in [-0.15, -0.1) is 0 Å². The van der Waals surface area contributed by atoms with Crippen LogP contribution in [0.5, 0.6) is 0 Å². The van der Waals surface area contributed by atoms with E-state index in [1.165, 1.54) is 6.07 Å². The number of nitrogens with one attached hydrogen (secondary N) is 1. The molecule has 0 atom stereocenters. The van der Waals surface area contributed by atoms with Crippen LogP contribution in [0.3, 0.4) is 0 Å². The Labute approximate surface area is 162 Å². The molecule has 0 saturated heterocycles. The number of primary sulfonamides is 1. The van der Waals surface area contributed by atoms with Gasteiger partial charge in [0.15, 0.2) is 5.82 Å². The first-order valence-electron chi connectivity index (χ1n) is 8.76. The molecule has 2 aromatic carbocycles. The van der Waals surface area contributed by atoms with E-state index in [0.717, 1.165) is 28.2 Å². The van der Waals surface area contributed by atoms with Gasteiger partial charge in [0, 0.05) is 24.5 Å². The molecule has 8 heteroatoms. The predicted octanol–water partition coefficient (Wildman–Crippen LogP) is 2.70. The molecule has 0 aliphatic rings. The first-order valence-corrected chi connectivity index (χ1v) is 10.3. The first kappa shape index (κ1) is 18.1. The summed E-state index contributed by atoms with van der Waals surface area (Å²) < 4.78 is 24.8. The fourth-order valence-corrected chi connectivity index (χ4v) is 3.60. The standard InChI is InChI=1S/C20H19N5O2S/c21-28(26,27)17-8-4-5-15(13-17)9-10-22-20-19-14-18(16-6-2-1-3-7-16)24-25(19)12-11-23-20/h1-8,11-14H,9-10H2,(H,22,23)(H2,21,26,27).